The molecule has 0 aromatic carbocycles. The lowest BCUT2D eigenvalue weighted by Crippen LogP contribution is -2.49. The van der Waals surface area contributed by atoms with Crippen LogP contribution in [0.15, 0.2) is 6.20 Å². The highest BCUT2D eigenvalue weighted by atomic mass is 32.2. The van der Waals surface area contributed by atoms with Gasteiger partial charge in [-0.25, -0.2) is 33.3 Å². The number of hydrogen-bond donors (Lipinski definition) is 1. The number of alkyl halides is 3. The second-order valence-electron chi connectivity index (χ2n) is 10.2. The second kappa shape index (κ2) is 9.95. The molecule has 0 radical (unpaired) electrons. The molecule has 0 atom stereocenters. The van der Waals surface area contributed by atoms with Crippen molar-refractivity contribution in [1.82, 2.24) is 33.8 Å². The van der Waals surface area contributed by atoms with Gasteiger partial charge in [-0.3, -0.25) is 4.57 Å². The van der Waals surface area contributed by atoms with E-state index in [0.717, 1.165) is 19.0 Å². The molecule has 0 amide bonds. The predicted molar refractivity (Wildman–Crippen MR) is 140 cm³/mol. The first-order valence-corrected chi connectivity index (χ1v) is 14.8. The molecule has 3 aromatic rings. The van der Waals surface area contributed by atoms with Crippen LogP contribution >= 0.6 is 0 Å². The van der Waals surface area contributed by atoms with Gasteiger partial charge in [-0.05, 0) is 18.8 Å². The molecule has 1 aliphatic carbocycles. The normalized spacial score (nSPS) is 19.5. The number of anilines is 3. The Balaban J connectivity index is 1.52. The van der Waals surface area contributed by atoms with E-state index >= 15 is 0 Å². The average molecular weight is 583 g/mol. The van der Waals surface area contributed by atoms with Crippen molar-refractivity contribution >= 4 is 38.9 Å². The zero-order valence-electron chi connectivity index (χ0n) is 21.8. The summed E-state index contributed by atoms with van der Waals surface area (Å²) in [7, 11) is -3.33. The highest BCUT2D eigenvalue weighted by Crippen LogP contribution is 2.39. The van der Waals surface area contributed by atoms with Crippen LogP contribution in [0.3, 0.4) is 0 Å². The topological polar surface area (TPSA) is 148 Å². The molecule has 40 heavy (non-hydrogen) atoms. The monoisotopic (exact) mass is 582 g/mol. The fraction of sp³-hybridized carbons (Fsp3) is 0.609. The standard InChI is InChI=1S/C23H29F3N10O3S/c1-40(37,38)35-6-4-34(5-7-35)22-29-16-19(33-8-10-39-11-9-33)31-18(32-20(16)36(22)13-14-2-3-14)15-12-28-21(27)30-17(15)23(24,25)26/h12,14H,2-11,13H2,1H3,(H2,27,28,30). The van der Waals surface area contributed by atoms with Gasteiger partial charge >= 0.3 is 6.18 Å². The lowest BCUT2D eigenvalue weighted by Gasteiger charge is -2.34. The first-order valence-electron chi connectivity index (χ1n) is 13.0. The third-order valence-electron chi connectivity index (χ3n) is 7.31. The Kier molecular flexibility index (Phi) is 6.69. The van der Waals surface area contributed by atoms with Gasteiger partial charge in [0.2, 0.25) is 21.9 Å². The smallest absolute Gasteiger partial charge is 0.378 e. The number of sulfonamides is 1. The number of nitrogens with two attached hydrogens (primary N) is 1. The number of morpholine rings is 1. The molecule has 13 nitrogen and oxygen atoms in total. The number of hydrogen-bond acceptors (Lipinski definition) is 11. The summed E-state index contributed by atoms with van der Waals surface area (Å²) in [6.07, 6.45) is -0.559. The molecule has 2 saturated heterocycles. The molecule has 3 fully saturated rings. The summed E-state index contributed by atoms with van der Waals surface area (Å²) < 4.78 is 75.0. The third-order valence-corrected chi connectivity index (χ3v) is 8.61. The summed E-state index contributed by atoms with van der Waals surface area (Å²) in [6, 6.07) is 0. The third kappa shape index (κ3) is 5.24. The highest BCUT2D eigenvalue weighted by Gasteiger charge is 2.38. The number of fused-ring (bicyclic) bond motifs is 1. The maximum absolute atomic E-state index is 14.0. The van der Waals surface area contributed by atoms with Crippen molar-refractivity contribution in [2.45, 2.75) is 25.6 Å². The van der Waals surface area contributed by atoms with Crippen molar-refractivity contribution in [2.24, 2.45) is 5.92 Å². The van der Waals surface area contributed by atoms with Gasteiger partial charge in [-0.2, -0.15) is 17.5 Å². The van der Waals surface area contributed by atoms with E-state index in [2.05, 4.69) is 19.9 Å². The van der Waals surface area contributed by atoms with Crippen LogP contribution in [0.4, 0.5) is 30.9 Å². The Labute approximate surface area is 228 Å². The minimum Gasteiger partial charge on any atom is -0.378 e. The van der Waals surface area contributed by atoms with E-state index < -0.39 is 27.8 Å². The van der Waals surface area contributed by atoms with Gasteiger partial charge in [0.05, 0.1) is 25.0 Å². The van der Waals surface area contributed by atoms with Crippen LogP contribution in [0.5, 0.6) is 0 Å². The predicted octanol–water partition coefficient (Wildman–Crippen LogP) is 1.21. The summed E-state index contributed by atoms with van der Waals surface area (Å²) >= 11 is 0. The number of piperazine rings is 1. The summed E-state index contributed by atoms with van der Waals surface area (Å²) in [5, 5.41) is 0. The van der Waals surface area contributed by atoms with Gasteiger partial charge < -0.3 is 20.3 Å². The number of nitrogen functional groups attached to an aromatic ring is 1. The lowest BCUT2D eigenvalue weighted by atomic mass is 10.2. The van der Waals surface area contributed by atoms with Crippen molar-refractivity contribution in [2.75, 3.05) is 74.3 Å². The largest absolute Gasteiger partial charge is 0.434 e. The van der Waals surface area contributed by atoms with Gasteiger partial charge in [-0.15, -0.1) is 0 Å². The van der Waals surface area contributed by atoms with Crippen LogP contribution in [-0.4, -0.2) is 101 Å². The Hall–Kier alpha value is -3.31. The average Bonchev–Trinajstić information content (AvgIpc) is 3.67. The number of imidazole rings is 1. The molecule has 0 bridgehead atoms. The van der Waals surface area contributed by atoms with Crippen LogP contribution in [0.25, 0.3) is 22.6 Å². The van der Waals surface area contributed by atoms with Crippen molar-refractivity contribution in [3.63, 3.8) is 0 Å². The maximum atomic E-state index is 14.0. The van der Waals surface area contributed by atoms with Crippen molar-refractivity contribution in [1.29, 1.82) is 0 Å². The SMILES string of the molecule is CS(=O)(=O)N1CCN(c2nc3c(N4CCOCC4)nc(-c4cnc(N)nc4C(F)(F)F)nc3n2CC2CC2)CC1. The molecule has 3 aromatic heterocycles. The minimum atomic E-state index is -4.80. The summed E-state index contributed by atoms with van der Waals surface area (Å²) in [5.41, 5.74) is 4.79. The number of nitrogens with zero attached hydrogens (tertiary/aromatic N) is 9. The van der Waals surface area contributed by atoms with Gasteiger partial charge in [-0.1, -0.05) is 0 Å². The van der Waals surface area contributed by atoms with E-state index in [0.29, 0.717) is 87.9 Å². The van der Waals surface area contributed by atoms with Crippen molar-refractivity contribution < 1.29 is 26.3 Å². The summed E-state index contributed by atoms with van der Waals surface area (Å²) in [4.78, 5) is 25.4. The van der Waals surface area contributed by atoms with E-state index in [9.17, 15) is 21.6 Å². The Bertz CT molecular complexity index is 1530. The van der Waals surface area contributed by atoms with Crippen LogP contribution in [0.1, 0.15) is 18.5 Å². The first kappa shape index (κ1) is 26.9. The van der Waals surface area contributed by atoms with Gasteiger partial charge in [0.25, 0.3) is 0 Å². The molecular weight excluding hydrogens is 553 g/mol. The number of halogens is 3. The minimum absolute atomic E-state index is 0.174. The molecule has 0 unspecified atom stereocenters. The van der Waals surface area contributed by atoms with Crippen LogP contribution < -0.4 is 15.5 Å². The number of aromatic nitrogens is 6. The van der Waals surface area contributed by atoms with Gasteiger partial charge in [0, 0.05) is 52.0 Å². The molecule has 17 heteroatoms. The Morgan fingerprint density at radius 3 is 2.33 bits per heavy atom. The number of rotatable bonds is 6. The van der Waals surface area contributed by atoms with Crippen molar-refractivity contribution in [3.05, 3.63) is 11.9 Å². The molecule has 216 valence electrons. The molecule has 0 spiro atoms. The van der Waals surface area contributed by atoms with Gasteiger partial charge in [0.1, 0.15) is 0 Å². The molecule has 5 heterocycles. The molecule has 2 aliphatic heterocycles. The Morgan fingerprint density at radius 1 is 1.00 bits per heavy atom. The van der Waals surface area contributed by atoms with E-state index in [1.165, 1.54) is 10.6 Å². The zero-order chi connectivity index (χ0) is 28.2. The van der Waals surface area contributed by atoms with E-state index in [-0.39, 0.29) is 11.4 Å². The molecular formula is C23H29F3N10O3S. The van der Waals surface area contributed by atoms with E-state index in [1.807, 2.05) is 14.4 Å². The van der Waals surface area contributed by atoms with Crippen LogP contribution in [0.2, 0.25) is 0 Å². The lowest BCUT2D eigenvalue weighted by molar-refractivity contribution is -0.140. The highest BCUT2D eigenvalue weighted by molar-refractivity contribution is 7.88. The van der Waals surface area contributed by atoms with Crippen molar-refractivity contribution in [3.8, 4) is 11.4 Å². The van der Waals surface area contributed by atoms with Crippen LogP contribution in [-0.2, 0) is 27.5 Å². The quantitative estimate of drug-likeness (QED) is 0.447. The second-order valence-corrected chi connectivity index (χ2v) is 12.2. The van der Waals surface area contributed by atoms with Gasteiger partial charge in [0.15, 0.2) is 28.5 Å². The molecule has 6 rings (SSSR count). The Morgan fingerprint density at radius 2 is 1.70 bits per heavy atom. The summed E-state index contributed by atoms with van der Waals surface area (Å²) in [6.45, 7) is 3.85. The molecule has 1 saturated carbocycles. The van der Waals surface area contributed by atoms with Crippen LogP contribution in [0, 0.1) is 5.92 Å². The maximum Gasteiger partial charge on any atom is 0.434 e. The van der Waals surface area contributed by atoms with E-state index in [1.54, 1.807) is 0 Å². The summed E-state index contributed by atoms with van der Waals surface area (Å²) in [5.74, 6) is 0.718. The fourth-order valence-electron chi connectivity index (χ4n) is 5.05. The fourth-order valence-corrected chi connectivity index (χ4v) is 5.88. The molecule has 2 N–H and O–H groups in total. The van der Waals surface area contributed by atoms with E-state index in [4.69, 9.17) is 15.5 Å². The number of ether oxygens (including phenoxy) is 1. The molecule has 3 aliphatic rings. The zero-order valence-corrected chi connectivity index (χ0v) is 22.6. The first-order chi connectivity index (χ1) is 19.0.